The lowest BCUT2D eigenvalue weighted by atomic mass is 10.2. The quantitative estimate of drug-likeness (QED) is 0.539. The molecular weight excluding hydrogens is 248 g/mol. The maximum Gasteiger partial charge on any atom is 0.246 e. The van der Waals surface area contributed by atoms with E-state index in [0.717, 1.165) is 24.3 Å². The second-order valence-electron chi connectivity index (χ2n) is 4.69. The molecule has 18 heavy (non-hydrogen) atoms. The van der Waals surface area contributed by atoms with Crippen molar-refractivity contribution in [1.29, 1.82) is 0 Å². The first-order valence-corrected chi connectivity index (χ1v) is 7.93. The molecule has 0 aromatic rings. The van der Waals surface area contributed by atoms with Crippen LogP contribution >= 0.6 is 11.8 Å². The first-order chi connectivity index (χ1) is 8.60. The molecule has 1 N–H and O–H groups in total. The third kappa shape index (κ3) is 4.28. The average Bonchev–Trinajstić information content (AvgIpc) is 2.58. The highest BCUT2D eigenvalue weighted by Gasteiger charge is 2.38. The first-order valence-electron chi connectivity index (χ1n) is 6.78. The zero-order valence-corrected chi connectivity index (χ0v) is 12.4. The molecule has 2 atom stereocenters. The average molecular weight is 272 g/mol. The number of amides is 2. The van der Waals surface area contributed by atoms with Gasteiger partial charge in [0.15, 0.2) is 0 Å². The molecule has 0 aliphatic carbocycles. The summed E-state index contributed by atoms with van der Waals surface area (Å²) in [4.78, 5) is 25.1. The second-order valence-corrected chi connectivity index (χ2v) is 6.09. The molecule has 5 heteroatoms. The fourth-order valence-electron chi connectivity index (χ4n) is 2.10. The van der Waals surface area contributed by atoms with Crippen molar-refractivity contribution in [1.82, 2.24) is 10.2 Å². The molecule has 2 amide bonds. The predicted octanol–water partition coefficient (Wildman–Crippen LogP) is 1.65. The third-order valence-electron chi connectivity index (χ3n) is 3.08. The van der Waals surface area contributed by atoms with Gasteiger partial charge in [-0.2, -0.15) is 11.8 Å². The Morgan fingerprint density at radius 1 is 1.44 bits per heavy atom. The molecule has 0 aromatic heterocycles. The topological polar surface area (TPSA) is 49.4 Å². The van der Waals surface area contributed by atoms with Crippen LogP contribution in [-0.2, 0) is 9.59 Å². The molecule has 0 aromatic carbocycles. The number of carbonyl (C=O) groups is 2. The molecule has 0 spiro atoms. The Bertz CT molecular complexity index is 297. The number of nitrogens with one attached hydrogen (secondary N) is 1. The van der Waals surface area contributed by atoms with Gasteiger partial charge in [-0.3, -0.25) is 14.5 Å². The molecule has 1 aliphatic rings. The van der Waals surface area contributed by atoms with Gasteiger partial charge in [-0.1, -0.05) is 13.8 Å². The lowest BCUT2D eigenvalue weighted by molar-refractivity contribution is -0.138. The van der Waals surface area contributed by atoms with Gasteiger partial charge < -0.3 is 5.32 Å². The van der Waals surface area contributed by atoms with Gasteiger partial charge in [0.1, 0.15) is 0 Å². The lowest BCUT2D eigenvalue weighted by Gasteiger charge is -2.18. The van der Waals surface area contributed by atoms with Crippen molar-refractivity contribution in [2.24, 2.45) is 0 Å². The normalized spacial score (nSPS) is 21.7. The number of rotatable bonds is 8. The van der Waals surface area contributed by atoms with E-state index >= 15 is 0 Å². The summed E-state index contributed by atoms with van der Waals surface area (Å²) in [7, 11) is 0. The van der Waals surface area contributed by atoms with Crippen LogP contribution in [0.1, 0.15) is 40.0 Å². The van der Waals surface area contributed by atoms with Crippen LogP contribution in [0.2, 0.25) is 0 Å². The van der Waals surface area contributed by atoms with Crippen LogP contribution in [0, 0.1) is 0 Å². The van der Waals surface area contributed by atoms with Gasteiger partial charge in [0, 0.05) is 12.6 Å². The maximum atomic E-state index is 12.0. The van der Waals surface area contributed by atoms with E-state index in [1.165, 1.54) is 4.90 Å². The highest BCUT2D eigenvalue weighted by Crippen LogP contribution is 2.15. The Morgan fingerprint density at radius 3 is 2.78 bits per heavy atom. The molecule has 1 rings (SSSR count). The van der Waals surface area contributed by atoms with Gasteiger partial charge in [0.25, 0.3) is 0 Å². The Morgan fingerprint density at radius 2 is 2.17 bits per heavy atom. The number of hydrogen-bond donors (Lipinski definition) is 1. The second kappa shape index (κ2) is 7.79. The van der Waals surface area contributed by atoms with Gasteiger partial charge in [0.2, 0.25) is 11.8 Å². The predicted molar refractivity (Wildman–Crippen MR) is 75.6 cm³/mol. The highest BCUT2D eigenvalue weighted by molar-refractivity contribution is 7.99. The van der Waals surface area contributed by atoms with Gasteiger partial charge in [-0.25, -0.2) is 0 Å². The van der Waals surface area contributed by atoms with E-state index in [1.54, 1.807) is 0 Å². The van der Waals surface area contributed by atoms with Crippen molar-refractivity contribution in [3.05, 3.63) is 0 Å². The minimum absolute atomic E-state index is 0.0329. The van der Waals surface area contributed by atoms with Crippen molar-refractivity contribution >= 4 is 23.6 Å². The Labute approximate surface area is 114 Å². The van der Waals surface area contributed by atoms with Crippen LogP contribution in [0.15, 0.2) is 0 Å². The Kier molecular flexibility index (Phi) is 6.71. The van der Waals surface area contributed by atoms with Crippen LogP contribution < -0.4 is 5.32 Å². The minimum Gasteiger partial charge on any atom is -0.303 e. The summed E-state index contributed by atoms with van der Waals surface area (Å²) in [6, 6.07) is -0.0157. The number of thioether (sulfide) groups is 1. The van der Waals surface area contributed by atoms with E-state index in [-0.39, 0.29) is 23.9 Å². The van der Waals surface area contributed by atoms with E-state index in [4.69, 9.17) is 0 Å². The molecule has 1 heterocycles. The summed E-state index contributed by atoms with van der Waals surface area (Å²) in [5.74, 6) is 2.14. The molecule has 1 saturated heterocycles. The van der Waals surface area contributed by atoms with E-state index in [2.05, 4.69) is 19.2 Å². The van der Waals surface area contributed by atoms with E-state index in [0.29, 0.717) is 13.0 Å². The van der Waals surface area contributed by atoms with Crippen molar-refractivity contribution in [2.75, 3.05) is 18.1 Å². The van der Waals surface area contributed by atoms with Gasteiger partial charge in [-0.15, -0.1) is 0 Å². The fraction of sp³-hybridized carbons (Fsp3) is 0.846. The van der Waals surface area contributed by atoms with Crippen LogP contribution in [0.25, 0.3) is 0 Å². The first kappa shape index (κ1) is 15.5. The van der Waals surface area contributed by atoms with Crippen molar-refractivity contribution in [3.63, 3.8) is 0 Å². The van der Waals surface area contributed by atoms with Crippen molar-refractivity contribution in [2.45, 2.75) is 52.1 Å². The zero-order valence-electron chi connectivity index (χ0n) is 11.6. The summed E-state index contributed by atoms with van der Waals surface area (Å²) < 4.78 is 0. The number of hydrogen-bond acceptors (Lipinski definition) is 4. The molecule has 0 bridgehead atoms. The highest BCUT2D eigenvalue weighted by atomic mass is 32.2. The number of likely N-dealkylation sites (tertiary alicyclic amines) is 1. The molecule has 1 fully saturated rings. The van der Waals surface area contributed by atoms with Crippen molar-refractivity contribution < 1.29 is 9.59 Å². The molecule has 104 valence electrons. The fourth-order valence-corrected chi connectivity index (χ4v) is 2.91. The van der Waals surface area contributed by atoms with Crippen LogP contribution in [0.5, 0.6) is 0 Å². The van der Waals surface area contributed by atoms with E-state index in [1.807, 2.05) is 18.7 Å². The number of nitrogens with zero attached hydrogens (tertiary/aromatic N) is 1. The number of imide groups is 1. The molecule has 0 saturated carbocycles. The lowest BCUT2D eigenvalue weighted by Crippen LogP contribution is -2.43. The van der Waals surface area contributed by atoms with E-state index < -0.39 is 0 Å². The maximum absolute atomic E-state index is 12.0. The Hall–Kier alpha value is -0.550. The summed E-state index contributed by atoms with van der Waals surface area (Å²) in [6.45, 7) is 6.75. The smallest absolute Gasteiger partial charge is 0.246 e. The summed E-state index contributed by atoms with van der Waals surface area (Å²) >= 11 is 1.90. The monoisotopic (exact) mass is 272 g/mol. The van der Waals surface area contributed by atoms with Gasteiger partial charge >= 0.3 is 0 Å². The molecule has 2 unspecified atom stereocenters. The van der Waals surface area contributed by atoms with Gasteiger partial charge in [-0.05, 0) is 31.3 Å². The molecule has 0 radical (unpaired) electrons. The summed E-state index contributed by atoms with van der Waals surface area (Å²) in [6.07, 6.45) is 2.18. The molecular formula is C13H24N2O2S. The van der Waals surface area contributed by atoms with Crippen LogP contribution in [0.3, 0.4) is 0 Å². The van der Waals surface area contributed by atoms with Crippen LogP contribution in [0.4, 0.5) is 0 Å². The standard InChI is InChI=1S/C13H24N2O2S/c1-4-7-15-12(16)9-11(13(15)17)14-10(3)6-8-18-5-2/h10-11,14H,4-9H2,1-3H3. The Balaban J connectivity index is 2.39. The van der Waals surface area contributed by atoms with Crippen molar-refractivity contribution in [3.8, 4) is 0 Å². The van der Waals surface area contributed by atoms with Gasteiger partial charge in [0.05, 0.1) is 12.5 Å². The number of carbonyl (C=O) groups excluding carboxylic acids is 2. The summed E-state index contributed by atoms with van der Waals surface area (Å²) in [5, 5.41) is 3.28. The molecule has 4 nitrogen and oxygen atoms in total. The third-order valence-corrected chi connectivity index (χ3v) is 4.01. The van der Waals surface area contributed by atoms with E-state index in [9.17, 15) is 9.59 Å². The zero-order chi connectivity index (χ0) is 13.5. The van der Waals surface area contributed by atoms with Crippen LogP contribution in [-0.4, -0.2) is 46.8 Å². The largest absolute Gasteiger partial charge is 0.303 e. The minimum atomic E-state index is -0.300. The SMILES string of the molecule is CCCN1C(=O)CC(NC(C)CCSCC)C1=O. The molecule has 1 aliphatic heterocycles. The summed E-state index contributed by atoms with van der Waals surface area (Å²) in [5.41, 5.74) is 0.